The monoisotopic (exact) mass is 527 g/mol. The third-order valence-corrected chi connectivity index (χ3v) is 8.02. The number of aryl methyl sites for hydroxylation is 1. The van der Waals surface area contributed by atoms with Crippen molar-refractivity contribution in [3.05, 3.63) is 81.2 Å². The highest BCUT2D eigenvalue weighted by molar-refractivity contribution is 7.12. The van der Waals surface area contributed by atoms with E-state index in [0.717, 1.165) is 83.1 Å². The van der Waals surface area contributed by atoms with E-state index in [1.807, 2.05) is 54.8 Å². The average Bonchev–Trinajstić information content (AvgIpc) is 3.54. The van der Waals surface area contributed by atoms with Crippen molar-refractivity contribution >= 4 is 51.8 Å². The van der Waals surface area contributed by atoms with E-state index in [2.05, 4.69) is 43.5 Å². The Hall–Kier alpha value is -3.59. The minimum Gasteiger partial charge on any atom is -0.321 e. The quantitative estimate of drug-likeness (QED) is 0.302. The molecule has 0 atom stereocenters. The van der Waals surface area contributed by atoms with Crippen LogP contribution in [0.2, 0.25) is 0 Å². The van der Waals surface area contributed by atoms with Crippen LogP contribution in [-0.4, -0.2) is 64.4 Å². The number of aromatic nitrogens is 2. The summed E-state index contributed by atoms with van der Waals surface area (Å²) in [5.41, 5.74) is 5.70. The highest BCUT2D eigenvalue weighted by Gasteiger charge is 2.18. The molecule has 38 heavy (non-hydrogen) atoms. The molecule has 7 nitrogen and oxygen atoms in total. The molecule has 0 unspecified atom stereocenters. The molecule has 2 N–H and O–H groups in total. The fourth-order valence-corrected chi connectivity index (χ4v) is 5.59. The van der Waals surface area contributed by atoms with E-state index < -0.39 is 0 Å². The van der Waals surface area contributed by atoms with Gasteiger partial charge in [0.25, 0.3) is 5.91 Å². The lowest BCUT2D eigenvalue weighted by Gasteiger charge is -2.34. The maximum absolute atomic E-state index is 13.1. The van der Waals surface area contributed by atoms with E-state index in [9.17, 15) is 9.59 Å². The SMILES string of the molecule is CC(=O)CCN1CCN(Cc2ccc(/C=C/c3n[nH]c4ccccc34)c(NC(=O)c3sccc3C)c2)CC1. The number of piperazine rings is 1. The van der Waals surface area contributed by atoms with Gasteiger partial charge in [-0.3, -0.25) is 19.6 Å². The largest absolute Gasteiger partial charge is 0.321 e. The number of anilines is 1. The van der Waals surface area contributed by atoms with Gasteiger partial charge in [0.1, 0.15) is 5.78 Å². The van der Waals surface area contributed by atoms with Crippen LogP contribution in [0, 0.1) is 6.92 Å². The third-order valence-electron chi connectivity index (χ3n) is 7.01. The molecule has 8 heteroatoms. The molecule has 0 bridgehead atoms. The Balaban J connectivity index is 1.34. The minimum absolute atomic E-state index is 0.0893. The Kier molecular flexibility index (Phi) is 8.12. The Bertz CT molecular complexity index is 1460. The van der Waals surface area contributed by atoms with Crippen molar-refractivity contribution in [3.63, 3.8) is 0 Å². The van der Waals surface area contributed by atoms with Gasteiger partial charge >= 0.3 is 0 Å². The second kappa shape index (κ2) is 11.9. The first kappa shape index (κ1) is 26.0. The number of para-hydroxylation sites is 1. The van der Waals surface area contributed by atoms with E-state index in [-0.39, 0.29) is 11.7 Å². The lowest BCUT2D eigenvalue weighted by molar-refractivity contribution is -0.117. The highest BCUT2D eigenvalue weighted by atomic mass is 32.1. The number of fused-ring (bicyclic) bond motifs is 1. The summed E-state index contributed by atoms with van der Waals surface area (Å²) >= 11 is 1.46. The van der Waals surface area contributed by atoms with Crippen LogP contribution in [0.15, 0.2) is 53.9 Å². The molecule has 3 heterocycles. The number of thiophene rings is 1. The van der Waals surface area contributed by atoms with Crippen LogP contribution in [0.3, 0.4) is 0 Å². The predicted molar refractivity (Wildman–Crippen MR) is 155 cm³/mol. The molecule has 0 saturated carbocycles. The number of Topliss-reactive ketones (excluding diaryl/α,β-unsaturated/α-hetero) is 1. The molecule has 2 aromatic heterocycles. The first-order valence-corrected chi connectivity index (χ1v) is 13.9. The number of ketones is 1. The second-order valence-corrected chi connectivity index (χ2v) is 10.8. The van der Waals surface area contributed by atoms with Gasteiger partial charge in [-0.1, -0.05) is 36.4 Å². The predicted octanol–water partition coefficient (Wildman–Crippen LogP) is 5.45. The lowest BCUT2D eigenvalue weighted by Crippen LogP contribution is -2.46. The van der Waals surface area contributed by atoms with Crippen molar-refractivity contribution in [1.82, 2.24) is 20.0 Å². The zero-order chi connectivity index (χ0) is 26.5. The summed E-state index contributed by atoms with van der Waals surface area (Å²) in [6, 6.07) is 16.3. The summed E-state index contributed by atoms with van der Waals surface area (Å²) in [6.45, 7) is 9.12. The smallest absolute Gasteiger partial charge is 0.266 e. The molecule has 1 amide bonds. The zero-order valence-corrected chi connectivity index (χ0v) is 22.7. The average molecular weight is 528 g/mol. The van der Waals surface area contributed by atoms with Crippen molar-refractivity contribution in [2.24, 2.45) is 0 Å². The van der Waals surface area contributed by atoms with Crippen LogP contribution in [0.5, 0.6) is 0 Å². The Morgan fingerprint density at radius 1 is 1.05 bits per heavy atom. The summed E-state index contributed by atoms with van der Waals surface area (Å²) in [4.78, 5) is 30.0. The molecule has 0 radical (unpaired) electrons. The van der Waals surface area contributed by atoms with E-state index in [0.29, 0.717) is 6.42 Å². The van der Waals surface area contributed by atoms with Crippen molar-refractivity contribution < 1.29 is 9.59 Å². The Morgan fingerprint density at radius 2 is 1.84 bits per heavy atom. The van der Waals surface area contributed by atoms with Gasteiger partial charge in [0.15, 0.2) is 0 Å². The Morgan fingerprint density at radius 3 is 2.61 bits per heavy atom. The van der Waals surface area contributed by atoms with Crippen molar-refractivity contribution in [3.8, 4) is 0 Å². The van der Waals surface area contributed by atoms with E-state index in [4.69, 9.17) is 0 Å². The fraction of sp³-hybridized carbons (Fsp3) is 0.300. The second-order valence-electron chi connectivity index (χ2n) is 9.87. The molecule has 4 aromatic rings. The highest BCUT2D eigenvalue weighted by Crippen LogP contribution is 2.25. The summed E-state index contributed by atoms with van der Waals surface area (Å²) < 4.78 is 0. The van der Waals surface area contributed by atoms with Crippen molar-refractivity contribution in [2.45, 2.75) is 26.8 Å². The Labute approximate surface area is 227 Å². The number of nitrogens with one attached hydrogen (secondary N) is 2. The normalized spacial score (nSPS) is 14.9. The third kappa shape index (κ3) is 6.27. The van der Waals surface area contributed by atoms with E-state index >= 15 is 0 Å². The van der Waals surface area contributed by atoms with Gasteiger partial charge in [-0.05, 0) is 60.2 Å². The molecule has 0 aliphatic carbocycles. The lowest BCUT2D eigenvalue weighted by atomic mass is 10.1. The van der Waals surface area contributed by atoms with Gasteiger partial charge in [0.05, 0.1) is 16.1 Å². The number of carbonyl (C=O) groups excluding carboxylic acids is 2. The molecule has 5 rings (SSSR count). The van der Waals surface area contributed by atoms with Gasteiger partial charge < -0.3 is 10.2 Å². The first-order chi connectivity index (χ1) is 18.5. The molecular weight excluding hydrogens is 494 g/mol. The van der Waals surface area contributed by atoms with Gasteiger partial charge in [-0.2, -0.15) is 5.10 Å². The minimum atomic E-state index is -0.0893. The van der Waals surface area contributed by atoms with E-state index in [1.165, 1.54) is 11.3 Å². The number of hydrogen-bond donors (Lipinski definition) is 2. The number of carbonyl (C=O) groups is 2. The number of benzene rings is 2. The van der Waals surface area contributed by atoms with Crippen LogP contribution in [0.1, 0.15) is 45.4 Å². The summed E-state index contributed by atoms with van der Waals surface area (Å²) in [7, 11) is 0. The summed E-state index contributed by atoms with van der Waals surface area (Å²) in [5.74, 6) is 0.156. The molecular formula is C30H33N5O2S. The molecule has 0 spiro atoms. The maximum atomic E-state index is 13.1. The van der Waals surface area contributed by atoms with Gasteiger partial charge in [-0.15, -0.1) is 11.3 Å². The number of rotatable bonds is 9. The van der Waals surface area contributed by atoms with Crippen LogP contribution in [-0.2, 0) is 11.3 Å². The van der Waals surface area contributed by atoms with Crippen LogP contribution in [0.4, 0.5) is 5.69 Å². The molecule has 1 aliphatic rings. The maximum Gasteiger partial charge on any atom is 0.266 e. The number of hydrogen-bond acceptors (Lipinski definition) is 6. The first-order valence-electron chi connectivity index (χ1n) is 13.0. The molecule has 1 fully saturated rings. The molecule has 1 aliphatic heterocycles. The van der Waals surface area contributed by atoms with Gasteiger partial charge in [-0.25, -0.2) is 0 Å². The zero-order valence-electron chi connectivity index (χ0n) is 21.9. The van der Waals surface area contributed by atoms with Gasteiger partial charge in [0, 0.05) is 56.8 Å². The number of H-pyrrole nitrogens is 1. The number of nitrogens with zero attached hydrogens (tertiary/aromatic N) is 3. The summed E-state index contributed by atoms with van der Waals surface area (Å²) in [6.07, 6.45) is 4.62. The standard InChI is InChI=1S/C30H33N5O2S/c1-21-12-18-38-29(21)30(37)31-28-19-23(20-35-16-14-34(15-17-35)13-11-22(2)36)7-8-24(28)9-10-27-25-5-3-4-6-26(25)32-33-27/h3-10,12,18-19H,11,13-17,20H2,1-2H3,(H,31,37)(H,32,33)/b10-9+. The van der Waals surface area contributed by atoms with Crippen molar-refractivity contribution in [1.29, 1.82) is 0 Å². The molecule has 196 valence electrons. The van der Waals surface area contributed by atoms with Crippen LogP contribution in [0.25, 0.3) is 23.1 Å². The van der Waals surface area contributed by atoms with Crippen molar-refractivity contribution in [2.75, 3.05) is 38.0 Å². The van der Waals surface area contributed by atoms with Crippen LogP contribution < -0.4 is 5.32 Å². The number of amides is 1. The summed E-state index contributed by atoms with van der Waals surface area (Å²) in [5, 5.41) is 13.7. The van der Waals surface area contributed by atoms with Gasteiger partial charge in [0.2, 0.25) is 0 Å². The van der Waals surface area contributed by atoms with Crippen LogP contribution >= 0.6 is 11.3 Å². The molecule has 1 saturated heterocycles. The number of aromatic amines is 1. The molecule has 2 aromatic carbocycles. The fourth-order valence-electron chi connectivity index (χ4n) is 4.76. The van der Waals surface area contributed by atoms with E-state index in [1.54, 1.807) is 6.92 Å². The topological polar surface area (TPSA) is 81.3 Å².